The van der Waals surface area contributed by atoms with E-state index in [-0.39, 0.29) is 0 Å². The molecular formula is C21H30N4OS. The minimum atomic E-state index is 0.330. The molecule has 27 heavy (non-hydrogen) atoms. The fourth-order valence-corrected chi connectivity index (χ4v) is 4.18. The van der Waals surface area contributed by atoms with Gasteiger partial charge in [-0.1, -0.05) is 18.6 Å². The SMILES string of the molecule is CN=C(NCc1ccsc1)NCC(c1ccc(OC)cc1)N1CCCCC1. The van der Waals surface area contributed by atoms with Gasteiger partial charge in [-0.3, -0.25) is 9.89 Å². The number of nitrogens with one attached hydrogen (secondary N) is 2. The average molecular weight is 387 g/mol. The van der Waals surface area contributed by atoms with Crippen LogP contribution in [0.3, 0.4) is 0 Å². The molecule has 1 aromatic carbocycles. The molecule has 146 valence electrons. The van der Waals surface area contributed by atoms with E-state index < -0.39 is 0 Å². The normalized spacial score (nSPS) is 16.7. The summed E-state index contributed by atoms with van der Waals surface area (Å²) < 4.78 is 5.32. The van der Waals surface area contributed by atoms with E-state index in [1.807, 2.05) is 7.05 Å². The van der Waals surface area contributed by atoms with Crippen LogP contribution >= 0.6 is 11.3 Å². The van der Waals surface area contributed by atoms with Crippen molar-refractivity contribution in [1.29, 1.82) is 0 Å². The number of nitrogens with zero attached hydrogens (tertiary/aromatic N) is 2. The van der Waals surface area contributed by atoms with Crippen LogP contribution in [0.25, 0.3) is 0 Å². The lowest BCUT2D eigenvalue weighted by Crippen LogP contribution is -2.44. The van der Waals surface area contributed by atoms with E-state index in [9.17, 15) is 0 Å². The first kappa shape index (κ1) is 19.7. The molecule has 2 aromatic rings. The van der Waals surface area contributed by atoms with Crippen molar-refractivity contribution in [2.45, 2.75) is 31.8 Å². The van der Waals surface area contributed by atoms with E-state index >= 15 is 0 Å². The van der Waals surface area contributed by atoms with Gasteiger partial charge in [0.15, 0.2) is 5.96 Å². The van der Waals surface area contributed by atoms with Crippen LogP contribution in [0.15, 0.2) is 46.1 Å². The van der Waals surface area contributed by atoms with E-state index in [4.69, 9.17) is 4.74 Å². The summed E-state index contributed by atoms with van der Waals surface area (Å²) >= 11 is 1.72. The van der Waals surface area contributed by atoms with Crippen LogP contribution in [0, 0.1) is 0 Å². The predicted molar refractivity (Wildman–Crippen MR) is 114 cm³/mol. The average Bonchev–Trinajstić information content (AvgIpc) is 3.25. The third kappa shape index (κ3) is 5.71. The summed E-state index contributed by atoms with van der Waals surface area (Å²) in [6.45, 7) is 3.92. The highest BCUT2D eigenvalue weighted by Gasteiger charge is 2.22. The lowest BCUT2D eigenvalue weighted by molar-refractivity contribution is 0.164. The number of ether oxygens (including phenoxy) is 1. The van der Waals surface area contributed by atoms with Crippen LogP contribution in [-0.4, -0.2) is 44.7 Å². The Balaban J connectivity index is 1.64. The maximum atomic E-state index is 5.32. The monoisotopic (exact) mass is 386 g/mol. The van der Waals surface area contributed by atoms with Gasteiger partial charge in [0.05, 0.1) is 13.2 Å². The summed E-state index contributed by atoms with van der Waals surface area (Å²) in [5.41, 5.74) is 2.60. The van der Waals surface area contributed by atoms with Gasteiger partial charge in [-0.05, 0) is 66.0 Å². The topological polar surface area (TPSA) is 48.9 Å². The first-order valence-electron chi connectivity index (χ1n) is 9.63. The Labute approximate surface area is 166 Å². The number of hydrogen-bond acceptors (Lipinski definition) is 4. The summed E-state index contributed by atoms with van der Waals surface area (Å²) in [6.07, 6.45) is 3.89. The zero-order chi connectivity index (χ0) is 18.9. The van der Waals surface area contributed by atoms with Crippen molar-refractivity contribution in [3.63, 3.8) is 0 Å². The Bertz CT molecular complexity index is 693. The fourth-order valence-electron chi connectivity index (χ4n) is 3.51. The van der Waals surface area contributed by atoms with Crippen molar-refractivity contribution in [2.75, 3.05) is 33.8 Å². The Kier molecular flexibility index (Phi) is 7.54. The number of thiophene rings is 1. The van der Waals surface area contributed by atoms with E-state index in [2.05, 4.69) is 61.6 Å². The van der Waals surface area contributed by atoms with E-state index in [0.717, 1.165) is 37.9 Å². The summed E-state index contributed by atoms with van der Waals surface area (Å²) in [5.74, 6) is 1.74. The van der Waals surface area contributed by atoms with Crippen LogP contribution in [0.5, 0.6) is 5.75 Å². The molecule has 1 fully saturated rings. The van der Waals surface area contributed by atoms with E-state index in [1.54, 1.807) is 18.4 Å². The van der Waals surface area contributed by atoms with Gasteiger partial charge < -0.3 is 15.4 Å². The van der Waals surface area contributed by atoms with Crippen LogP contribution in [0.4, 0.5) is 0 Å². The third-order valence-electron chi connectivity index (χ3n) is 5.06. The van der Waals surface area contributed by atoms with Gasteiger partial charge in [0.2, 0.25) is 0 Å². The van der Waals surface area contributed by atoms with Crippen molar-refractivity contribution >= 4 is 17.3 Å². The molecule has 0 amide bonds. The molecule has 1 saturated heterocycles. The van der Waals surface area contributed by atoms with Crippen molar-refractivity contribution < 1.29 is 4.74 Å². The molecule has 1 aromatic heterocycles. The molecule has 0 bridgehead atoms. The standard InChI is InChI=1S/C21H30N4OS/c1-22-21(23-14-17-10-13-27-16-17)24-15-20(25-11-4-3-5-12-25)18-6-8-19(26-2)9-7-18/h6-10,13,16,20H,3-5,11-12,14-15H2,1-2H3,(H2,22,23,24). The summed E-state index contributed by atoms with van der Waals surface area (Å²) in [7, 11) is 3.54. The Morgan fingerprint density at radius 1 is 1.15 bits per heavy atom. The lowest BCUT2D eigenvalue weighted by Gasteiger charge is -2.35. The second-order valence-corrected chi connectivity index (χ2v) is 7.60. The fraction of sp³-hybridized carbons (Fsp3) is 0.476. The van der Waals surface area contributed by atoms with Gasteiger partial charge in [-0.15, -0.1) is 0 Å². The maximum Gasteiger partial charge on any atom is 0.191 e. The van der Waals surface area contributed by atoms with E-state index in [1.165, 1.54) is 30.4 Å². The maximum absolute atomic E-state index is 5.32. The van der Waals surface area contributed by atoms with Crippen LogP contribution in [0.2, 0.25) is 0 Å². The third-order valence-corrected chi connectivity index (χ3v) is 5.79. The molecule has 1 aliphatic heterocycles. The number of aliphatic imine (C=N–C) groups is 1. The highest BCUT2D eigenvalue weighted by atomic mass is 32.1. The highest BCUT2D eigenvalue weighted by molar-refractivity contribution is 7.07. The Hall–Kier alpha value is -2.05. The van der Waals surface area contributed by atoms with Crippen molar-refractivity contribution in [2.24, 2.45) is 4.99 Å². The summed E-state index contributed by atoms with van der Waals surface area (Å²) in [5, 5.41) is 11.2. The van der Waals surface area contributed by atoms with Gasteiger partial charge in [-0.25, -0.2) is 0 Å². The minimum absolute atomic E-state index is 0.330. The molecule has 3 rings (SSSR count). The van der Waals surface area contributed by atoms with Crippen LogP contribution < -0.4 is 15.4 Å². The molecule has 0 saturated carbocycles. The molecule has 1 unspecified atom stereocenters. The Morgan fingerprint density at radius 2 is 1.93 bits per heavy atom. The largest absolute Gasteiger partial charge is 0.497 e. The first-order valence-corrected chi connectivity index (χ1v) is 10.6. The van der Waals surface area contributed by atoms with Crippen molar-refractivity contribution in [3.05, 3.63) is 52.2 Å². The summed E-state index contributed by atoms with van der Waals surface area (Å²) in [4.78, 5) is 6.97. The molecule has 2 N–H and O–H groups in total. The van der Waals surface area contributed by atoms with Gasteiger partial charge in [-0.2, -0.15) is 11.3 Å². The Morgan fingerprint density at radius 3 is 2.56 bits per heavy atom. The molecule has 0 radical (unpaired) electrons. The van der Waals surface area contributed by atoms with Gasteiger partial charge >= 0.3 is 0 Å². The number of hydrogen-bond donors (Lipinski definition) is 2. The van der Waals surface area contributed by atoms with Gasteiger partial charge in [0, 0.05) is 20.1 Å². The van der Waals surface area contributed by atoms with E-state index in [0.29, 0.717) is 6.04 Å². The zero-order valence-corrected chi connectivity index (χ0v) is 17.1. The predicted octanol–water partition coefficient (Wildman–Crippen LogP) is 3.65. The number of likely N-dealkylation sites (tertiary alicyclic amines) is 1. The lowest BCUT2D eigenvalue weighted by atomic mass is 10.0. The summed E-state index contributed by atoms with van der Waals surface area (Å²) in [6, 6.07) is 10.9. The molecular weight excluding hydrogens is 356 g/mol. The van der Waals surface area contributed by atoms with Crippen molar-refractivity contribution in [1.82, 2.24) is 15.5 Å². The highest BCUT2D eigenvalue weighted by Crippen LogP contribution is 2.25. The molecule has 1 aliphatic rings. The van der Waals surface area contributed by atoms with Crippen LogP contribution in [-0.2, 0) is 6.54 Å². The molecule has 0 aliphatic carbocycles. The minimum Gasteiger partial charge on any atom is -0.497 e. The quantitative estimate of drug-likeness (QED) is 0.563. The number of methoxy groups -OCH3 is 1. The smallest absolute Gasteiger partial charge is 0.191 e. The van der Waals surface area contributed by atoms with Crippen LogP contribution in [0.1, 0.15) is 36.4 Å². The zero-order valence-electron chi connectivity index (χ0n) is 16.3. The molecule has 6 heteroatoms. The molecule has 1 atom stereocenters. The van der Waals surface area contributed by atoms with Gasteiger partial charge in [0.25, 0.3) is 0 Å². The number of rotatable bonds is 7. The number of benzene rings is 1. The second-order valence-electron chi connectivity index (χ2n) is 6.82. The number of piperidine rings is 1. The second kappa shape index (κ2) is 10.3. The molecule has 5 nitrogen and oxygen atoms in total. The van der Waals surface area contributed by atoms with Gasteiger partial charge in [0.1, 0.15) is 5.75 Å². The first-order chi connectivity index (χ1) is 13.3. The molecule has 2 heterocycles. The molecule has 0 spiro atoms. The van der Waals surface area contributed by atoms with Crippen molar-refractivity contribution in [3.8, 4) is 5.75 Å². The number of guanidine groups is 1.